The van der Waals surface area contributed by atoms with Crippen molar-refractivity contribution in [3.05, 3.63) is 101 Å². The van der Waals surface area contributed by atoms with Crippen molar-refractivity contribution in [2.24, 2.45) is 0 Å². The average molecular weight is 444 g/mol. The lowest BCUT2D eigenvalue weighted by molar-refractivity contribution is -0.131. The van der Waals surface area contributed by atoms with Crippen LogP contribution in [0.5, 0.6) is 5.75 Å². The number of nitrogens with one attached hydrogen (secondary N) is 2. The van der Waals surface area contributed by atoms with E-state index in [9.17, 15) is 19.2 Å². The minimum absolute atomic E-state index is 0.0357. The summed E-state index contributed by atoms with van der Waals surface area (Å²) in [6.45, 7) is 1.29. The number of anilines is 1. The van der Waals surface area contributed by atoms with Crippen LogP contribution in [-0.2, 0) is 9.59 Å². The van der Waals surface area contributed by atoms with Crippen LogP contribution in [0.2, 0.25) is 0 Å². The maximum Gasteiger partial charge on any atom is 0.335 e. The van der Waals surface area contributed by atoms with E-state index in [0.717, 1.165) is 0 Å². The third-order valence-corrected chi connectivity index (χ3v) is 4.37. The monoisotopic (exact) mass is 444 g/mol. The first-order chi connectivity index (χ1) is 15.8. The fourth-order valence-electron chi connectivity index (χ4n) is 2.80. The van der Waals surface area contributed by atoms with E-state index in [-0.39, 0.29) is 11.3 Å². The van der Waals surface area contributed by atoms with Crippen LogP contribution < -0.4 is 15.4 Å². The number of carboxylic acids is 1. The second-order valence-corrected chi connectivity index (χ2v) is 6.88. The van der Waals surface area contributed by atoms with E-state index in [2.05, 4.69) is 10.6 Å². The van der Waals surface area contributed by atoms with E-state index >= 15 is 0 Å². The molecule has 0 bridgehead atoms. The van der Waals surface area contributed by atoms with Crippen LogP contribution in [0, 0.1) is 0 Å². The molecule has 8 heteroatoms. The lowest BCUT2D eigenvalue weighted by Gasteiger charge is -2.12. The van der Waals surface area contributed by atoms with Crippen LogP contribution in [-0.4, -0.2) is 28.9 Å². The van der Waals surface area contributed by atoms with E-state index in [4.69, 9.17) is 9.84 Å². The van der Waals surface area contributed by atoms with Gasteiger partial charge in [0.2, 0.25) is 0 Å². The normalized spacial score (nSPS) is 10.8. The zero-order valence-electron chi connectivity index (χ0n) is 17.6. The molecule has 3 rings (SSSR count). The van der Waals surface area contributed by atoms with Gasteiger partial charge in [-0.1, -0.05) is 30.3 Å². The summed E-state index contributed by atoms with van der Waals surface area (Å²) in [6, 6.07) is 20.4. The van der Waals surface area contributed by atoms with E-state index in [1.807, 2.05) is 0 Å². The van der Waals surface area contributed by atoms with Gasteiger partial charge in [-0.25, -0.2) is 4.79 Å². The molecule has 3 N–H and O–H groups in total. The summed E-state index contributed by atoms with van der Waals surface area (Å²) >= 11 is 0. The Morgan fingerprint density at radius 3 is 2.03 bits per heavy atom. The molecule has 0 aliphatic heterocycles. The Labute approximate surface area is 189 Å². The van der Waals surface area contributed by atoms with Gasteiger partial charge in [-0.3, -0.25) is 14.4 Å². The Balaban J connectivity index is 1.86. The number of carbonyl (C=O) groups is 4. The molecule has 33 heavy (non-hydrogen) atoms. The van der Waals surface area contributed by atoms with Crippen molar-refractivity contribution in [2.45, 2.75) is 6.92 Å². The van der Waals surface area contributed by atoms with Crippen LogP contribution >= 0.6 is 0 Å². The maximum absolute atomic E-state index is 12.9. The third-order valence-electron chi connectivity index (χ3n) is 4.37. The summed E-state index contributed by atoms with van der Waals surface area (Å²) in [5, 5.41) is 14.3. The van der Waals surface area contributed by atoms with Gasteiger partial charge < -0.3 is 20.5 Å². The number of hydrogen-bond acceptors (Lipinski definition) is 5. The Morgan fingerprint density at radius 1 is 0.818 bits per heavy atom. The Hall–Kier alpha value is -4.72. The quantitative estimate of drug-likeness (QED) is 0.290. The molecule has 8 nitrogen and oxygen atoms in total. The molecule has 0 aromatic heterocycles. The SMILES string of the molecule is CC(=O)Oc1ccc(/C=C(/NC(=O)c2ccccc2)C(=O)Nc2ccc(C(=O)O)cc2)cc1. The van der Waals surface area contributed by atoms with Gasteiger partial charge >= 0.3 is 11.9 Å². The van der Waals surface area contributed by atoms with Gasteiger partial charge in [-0.2, -0.15) is 0 Å². The molecule has 3 aromatic rings. The van der Waals surface area contributed by atoms with Crippen molar-refractivity contribution in [2.75, 3.05) is 5.32 Å². The fraction of sp³-hybridized carbons (Fsp3) is 0.0400. The standard InChI is InChI=1S/C25H20N2O6/c1-16(28)33-21-13-7-17(8-14-21)15-22(27-23(29)18-5-3-2-4-6-18)24(30)26-20-11-9-19(10-12-20)25(31)32/h2-15H,1H3,(H,26,30)(H,27,29)(H,31,32)/b22-15+. The highest BCUT2D eigenvalue weighted by Gasteiger charge is 2.15. The zero-order chi connectivity index (χ0) is 23.8. The maximum atomic E-state index is 12.9. The molecular weight excluding hydrogens is 424 g/mol. The number of amides is 2. The number of aromatic carboxylic acids is 1. The first-order valence-electron chi connectivity index (χ1n) is 9.83. The van der Waals surface area contributed by atoms with Crippen molar-refractivity contribution in [1.82, 2.24) is 5.32 Å². The lowest BCUT2D eigenvalue weighted by Crippen LogP contribution is -2.30. The fourth-order valence-corrected chi connectivity index (χ4v) is 2.80. The van der Waals surface area contributed by atoms with Gasteiger partial charge in [-0.05, 0) is 60.2 Å². The molecule has 0 atom stereocenters. The molecule has 0 saturated carbocycles. The van der Waals surface area contributed by atoms with Gasteiger partial charge in [0.1, 0.15) is 11.4 Å². The number of hydrogen-bond donors (Lipinski definition) is 3. The molecule has 0 unspecified atom stereocenters. The molecule has 166 valence electrons. The first kappa shape index (κ1) is 23.0. The van der Waals surface area contributed by atoms with Crippen LogP contribution in [0.15, 0.2) is 84.6 Å². The third kappa shape index (κ3) is 6.63. The number of carboxylic acid groups (broad SMARTS) is 1. The molecule has 0 aliphatic rings. The number of ether oxygens (including phenoxy) is 1. The summed E-state index contributed by atoms with van der Waals surface area (Å²) in [6.07, 6.45) is 1.47. The molecule has 0 aliphatic carbocycles. The Kier molecular flexibility index (Phi) is 7.33. The molecule has 0 radical (unpaired) electrons. The number of rotatable bonds is 7. The molecule has 0 fully saturated rings. The molecule has 2 amide bonds. The van der Waals surface area contributed by atoms with Crippen molar-refractivity contribution < 1.29 is 29.0 Å². The summed E-state index contributed by atoms with van der Waals surface area (Å²) < 4.78 is 5.00. The van der Waals surface area contributed by atoms with Crippen molar-refractivity contribution in [3.63, 3.8) is 0 Å². The molecule has 0 heterocycles. The van der Waals surface area contributed by atoms with Crippen LogP contribution in [0.3, 0.4) is 0 Å². The Morgan fingerprint density at radius 2 is 1.45 bits per heavy atom. The zero-order valence-corrected chi connectivity index (χ0v) is 17.6. The second-order valence-electron chi connectivity index (χ2n) is 6.88. The Bertz CT molecular complexity index is 1200. The predicted octanol–water partition coefficient (Wildman–Crippen LogP) is 3.72. The molecule has 0 spiro atoms. The average Bonchev–Trinajstić information content (AvgIpc) is 2.80. The molecule has 3 aromatic carbocycles. The van der Waals surface area contributed by atoms with Crippen molar-refractivity contribution >= 4 is 35.5 Å². The lowest BCUT2D eigenvalue weighted by atomic mass is 10.1. The van der Waals surface area contributed by atoms with E-state index in [0.29, 0.717) is 22.6 Å². The highest BCUT2D eigenvalue weighted by Crippen LogP contribution is 2.16. The van der Waals surface area contributed by atoms with Crippen molar-refractivity contribution in [3.8, 4) is 5.75 Å². The molecular formula is C25H20N2O6. The smallest absolute Gasteiger partial charge is 0.335 e. The number of carbonyl (C=O) groups excluding carboxylic acids is 3. The topological polar surface area (TPSA) is 122 Å². The highest BCUT2D eigenvalue weighted by molar-refractivity contribution is 6.10. The summed E-state index contributed by atoms with van der Waals surface area (Å²) in [4.78, 5) is 47.7. The van der Waals surface area contributed by atoms with Crippen LogP contribution in [0.1, 0.15) is 33.2 Å². The van der Waals surface area contributed by atoms with Crippen LogP contribution in [0.4, 0.5) is 5.69 Å². The van der Waals surface area contributed by atoms with Crippen LogP contribution in [0.25, 0.3) is 6.08 Å². The van der Waals surface area contributed by atoms with Gasteiger partial charge in [0.25, 0.3) is 11.8 Å². The minimum atomic E-state index is -1.08. The summed E-state index contributed by atoms with van der Waals surface area (Å²) in [7, 11) is 0. The first-order valence-corrected chi connectivity index (χ1v) is 9.83. The minimum Gasteiger partial charge on any atom is -0.478 e. The van der Waals surface area contributed by atoms with Gasteiger partial charge in [0.15, 0.2) is 0 Å². The number of esters is 1. The molecule has 0 saturated heterocycles. The van der Waals surface area contributed by atoms with Gasteiger partial charge in [0, 0.05) is 18.2 Å². The largest absolute Gasteiger partial charge is 0.478 e. The number of benzene rings is 3. The van der Waals surface area contributed by atoms with Gasteiger partial charge in [-0.15, -0.1) is 0 Å². The summed E-state index contributed by atoms with van der Waals surface area (Å²) in [5.74, 6) is -2.28. The highest BCUT2D eigenvalue weighted by atomic mass is 16.5. The van der Waals surface area contributed by atoms with Crippen molar-refractivity contribution in [1.29, 1.82) is 0 Å². The van der Waals surface area contributed by atoms with Gasteiger partial charge in [0.05, 0.1) is 5.56 Å². The van der Waals surface area contributed by atoms with E-state index < -0.39 is 23.8 Å². The predicted molar refractivity (Wildman–Crippen MR) is 122 cm³/mol. The summed E-state index contributed by atoms with van der Waals surface area (Å²) in [5.41, 5.74) is 1.34. The van der Waals surface area contributed by atoms with E-state index in [1.54, 1.807) is 54.6 Å². The van der Waals surface area contributed by atoms with E-state index in [1.165, 1.54) is 37.3 Å². The second kappa shape index (κ2) is 10.5.